The number of fused-ring (bicyclic) bond motifs is 1. The first-order valence-electron chi connectivity index (χ1n) is 7.91. The molecule has 2 aromatic rings. The van der Waals surface area contributed by atoms with Crippen molar-refractivity contribution in [2.45, 2.75) is 24.4 Å². The van der Waals surface area contributed by atoms with E-state index in [9.17, 15) is 9.18 Å². The van der Waals surface area contributed by atoms with Gasteiger partial charge in [0, 0.05) is 24.7 Å². The molecule has 24 heavy (non-hydrogen) atoms. The second-order valence-electron chi connectivity index (χ2n) is 6.09. The summed E-state index contributed by atoms with van der Waals surface area (Å²) in [6.45, 7) is 0. The van der Waals surface area contributed by atoms with Crippen LogP contribution in [0.4, 0.5) is 4.39 Å². The molecule has 0 spiro atoms. The number of rotatable bonds is 4. The molecule has 1 fully saturated rings. The Morgan fingerprint density at radius 3 is 2.33 bits per heavy atom. The molecule has 0 saturated heterocycles. The fourth-order valence-corrected chi connectivity index (χ4v) is 3.69. The van der Waals surface area contributed by atoms with Gasteiger partial charge < -0.3 is 9.47 Å². The lowest BCUT2D eigenvalue weighted by Crippen LogP contribution is -2.48. The van der Waals surface area contributed by atoms with Crippen LogP contribution in [0, 0.1) is 0 Å². The summed E-state index contributed by atoms with van der Waals surface area (Å²) in [6, 6.07) is 14.2. The van der Waals surface area contributed by atoms with Crippen LogP contribution in [0.2, 0.25) is 0 Å². The van der Waals surface area contributed by atoms with E-state index in [4.69, 9.17) is 9.47 Å². The van der Waals surface area contributed by atoms with Gasteiger partial charge >= 0.3 is 0 Å². The van der Waals surface area contributed by atoms with Gasteiger partial charge in [0.25, 0.3) is 5.91 Å². The summed E-state index contributed by atoms with van der Waals surface area (Å²) in [5.74, 6) is 0.397. The molecule has 1 unspecified atom stereocenters. The van der Waals surface area contributed by atoms with Crippen molar-refractivity contribution in [2.75, 3.05) is 14.2 Å². The van der Waals surface area contributed by atoms with Gasteiger partial charge in [-0.1, -0.05) is 36.4 Å². The monoisotopic (exact) mass is 327 g/mol. The van der Waals surface area contributed by atoms with Crippen molar-refractivity contribution < 1.29 is 18.7 Å². The number of para-hydroxylation sites is 1. The Morgan fingerprint density at radius 2 is 1.71 bits per heavy atom. The maximum Gasteiger partial charge on any atom is 0.257 e. The highest BCUT2D eigenvalue weighted by atomic mass is 19.1. The number of alkyl halides is 1. The molecule has 3 atom stereocenters. The first kappa shape index (κ1) is 15.1. The van der Waals surface area contributed by atoms with Crippen molar-refractivity contribution in [1.29, 1.82) is 0 Å². The van der Waals surface area contributed by atoms with E-state index in [-0.39, 0.29) is 5.91 Å². The van der Waals surface area contributed by atoms with Gasteiger partial charge in [-0.05, 0) is 12.1 Å². The van der Waals surface area contributed by atoms with Crippen molar-refractivity contribution >= 4 is 5.91 Å². The normalized spacial score (nSPS) is 28.0. The predicted molar refractivity (Wildman–Crippen MR) is 86.7 cm³/mol. The van der Waals surface area contributed by atoms with Crippen molar-refractivity contribution in [3.63, 3.8) is 0 Å². The molecule has 1 aliphatic heterocycles. The third-order valence-corrected chi connectivity index (χ3v) is 4.86. The maximum absolute atomic E-state index is 13.9. The number of hydrogen-bond acceptors (Lipinski definition) is 3. The molecule has 1 heterocycles. The van der Waals surface area contributed by atoms with Crippen LogP contribution in [0.1, 0.15) is 27.9 Å². The Morgan fingerprint density at radius 1 is 1.08 bits per heavy atom. The number of amides is 1. The molecule has 0 N–H and O–H groups in total. The summed E-state index contributed by atoms with van der Waals surface area (Å²) in [6.07, 6.45) is -0.688. The standard InChI is InChI=1S/C19H18FNO3/c1-23-17-10-6-5-9-14(17)19(24-2)13-8-4-3-7-12(13)18(22)21(19)16-11-15(16)20/h3-10,15-16H,11H2,1-2H3/t15-,16+,19?/m0/s1. The van der Waals surface area contributed by atoms with Gasteiger partial charge in [-0.2, -0.15) is 0 Å². The zero-order chi connectivity index (χ0) is 16.9. The molecule has 1 saturated carbocycles. The van der Waals surface area contributed by atoms with Gasteiger partial charge in [0.2, 0.25) is 5.72 Å². The Kier molecular flexibility index (Phi) is 3.35. The highest BCUT2D eigenvalue weighted by molar-refractivity contribution is 6.01. The molecule has 124 valence electrons. The minimum absolute atomic E-state index is 0.205. The number of hydrogen-bond donors (Lipinski definition) is 0. The molecule has 4 rings (SSSR count). The topological polar surface area (TPSA) is 38.8 Å². The van der Waals surface area contributed by atoms with E-state index in [2.05, 4.69) is 0 Å². The zero-order valence-electron chi connectivity index (χ0n) is 13.5. The molecule has 2 aromatic carbocycles. The molecular weight excluding hydrogens is 309 g/mol. The van der Waals surface area contributed by atoms with Crippen LogP contribution in [0.5, 0.6) is 5.75 Å². The van der Waals surface area contributed by atoms with Crippen molar-refractivity contribution in [3.05, 3.63) is 65.2 Å². The molecule has 0 aromatic heterocycles. The number of methoxy groups -OCH3 is 2. The van der Waals surface area contributed by atoms with Gasteiger partial charge in [-0.15, -0.1) is 0 Å². The minimum Gasteiger partial charge on any atom is -0.496 e. The highest BCUT2D eigenvalue weighted by Gasteiger charge is 2.60. The van der Waals surface area contributed by atoms with Crippen LogP contribution < -0.4 is 4.74 Å². The number of nitrogens with zero attached hydrogens (tertiary/aromatic N) is 1. The van der Waals surface area contributed by atoms with Crippen LogP contribution in [0.3, 0.4) is 0 Å². The summed E-state index contributed by atoms with van der Waals surface area (Å²) >= 11 is 0. The number of halogens is 1. The quantitative estimate of drug-likeness (QED) is 0.866. The van der Waals surface area contributed by atoms with Crippen molar-refractivity contribution in [2.24, 2.45) is 0 Å². The lowest BCUT2D eigenvalue weighted by molar-refractivity contribution is -0.0896. The van der Waals surface area contributed by atoms with E-state index in [1.165, 1.54) is 0 Å². The van der Waals surface area contributed by atoms with E-state index in [1.54, 1.807) is 25.2 Å². The summed E-state index contributed by atoms with van der Waals surface area (Å²) < 4.78 is 25.4. The summed E-state index contributed by atoms with van der Waals surface area (Å²) in [5, 5.41) is 0. The van der Waals surface area contributed by atoms with Crippen LogP contribution in [-0.2, 0) is 10.5 Å². The SMILES string of the molecule is COc1ccccc1C1(OC)c2ccccc2C(=O)N1[C@@H]1C[C@@H]1F. The molecule has 5 heteroatoms. The van der Waals surface area contributed by atoms with Crippen molar-refractivity contribution in [1.82, 2.24) is 4.90 Å². The molecule has 0 radical (unpaired) electrons. The number of ether oxygens (including phenoxy) is 2. The minimum atomic E-state index is -1.17. The van der Waals surface area contributed by atoms with Crippen LogP contribution in [-0.4, -0.2) is 37.2 Å². The molecule has 1 amide bonds. The van der Waals surface area contributed by atoms with Crippen LogP contribution in [0.15, 0.2) is 48.5 Å². The summed E-state index contributed by atoms with van der Waals surface area (Å²) in [5.41, 5.74) is 0.795. The number of benzene rings is 2. The van der Waals surface area contributed by atoms with Gasteiger partial charge in [0.15, 0.2) is 0 Å². The van der Waals surface area contributed by atoms with Gasteiger partial charge in [0.1, 0.15) is 11.9 Å². The first-order chi connectivity index (χ1) is 11.6. The highest BCUT2D eigenvalue weighted by Crippen LogP contribution is 2.52. The molecule has 4 nitrogen and oxygen atoms in total. The Hall–Kier alpha value is -2.40. The van der Waals surface area contributed by atoms with Gasteiger partial charge in [-0.3, -0.25) is 9.69 Å². The van der Waals surface area contributed by atoms with E-state index in [1.807, 2.05) is 42.5 Å². The fourth-order valence-electron chi connectivity index (χ4n) is 3.69. The second-order valence-corrected chi connectivity index (χ2v) is 6.09. The van der Waals surface area contributed by atoms with Crippen LogP contribution >= 0.6 is 0 Å². The lowest BCUT2D eigenvalue weighted by Gasteiger charge is -2.39. The first-order valence-corrected chi connectivity index (χ1v) is 7.91. The molecule has 1 aliphatic carbocycles. The largest absolute Gasteiger partial charge is 0.496 e. The van der Waals surface area contributed by atoms with Crippen LogP contribution in [0.25, 0.3) is 0 Å². The summed E-state index contributed by atoms with van der Waals surface area (Å²) in [4.78, 5) is 14.6. The van der Waals surface area contributed by atoms with E-state index < -0.39 is 17.9 Å². The average Bonchev–Trinajstić information content (AvgIpc) is 3.28. The Bertz CT molecular complexity index is 809. The van der Waals surface area contributed by atoms with Crippen molar-refractivity contribution in [3.8, 4) is 5.75 Å². The summed E-state index contributed by atoms with van der Waals surface area (Å²) in [7, 11) is 3.12. The second kappa shape index (κ2) is 5.31. The van der Waals surface area contributed by atoms with E-state index >= 15 is 0 Å². The Labute approximate surface area is 139 Å². The van der Waals surface area contributed by atoms with Gasteiger partial charge in [-0.25, -0.2) is 4.39 Å². The van der Waals surface area contributed by atoms with E-state index in [0.29, 0.717) is 23.3 Å². The molecule has 2 aliphatic rings. The maximum atomic E-state index is 13.9. The smallest absolute Gasteiger partial charge is 0.257 e. The third kappa shape index (κ3) is 1.85. The van der Waals surface area contributed by atoms with Gasteiger partial charge in [0.05, 0.1) is 18.7 Å². The number of carbonyl (C=O) groups excluding carboxylic acids is 1. The lowest BCUT2D eigenvalue weighted by atomic mass is 9.92. The Balaban J connectivity index is 2.01. The molecular formula is C19H18FNO3. The van der Waals surface area contributed by atoms with E-state index in [0.717, 1.165) is 5.56 Å². The zero-order valence-corrected chi connectivity index (χ0v) is 13.5. The average molecular weight is 327 g/mol. The number of carbonyl (C=O) groups is 1. The molecule has 0 bridgehead atoms. The fraction of sp³-hybridized carbons (Fsp3) is 0.316. The predicted octanol–water partition coefficient (Wildman–Crippen LogP) is 3.11. The third-order valence-electron chi connectivity index (χ3n) is 4.86.